The van der Waals surface area contributed by atoms with Crippen LogP contribution >= 0.6 is 38.9 Å². The van der Waals surface area contributed by atoms with E-state index in [4.69, 9.17) is 11.6 Å². The molecule has 0 bridgehead atoms. The molecule has 0 N–H and O–H groups in total. The Labute approximate surface area is 139 Å². The molecule has 21 heavy (non-hydrogen) atoms. The van der Waals surface area contributed by atoms with Crippen LogP contribution in [-0.2, 0) is 6.54 Å². The average Bonchev–Trinajstić information content (AvgIpc) is 3.05. The first-order valence-electron chi connectivity index (χ1n) is 6.18. The summed E-state index contributed by atoms with van der Waals surface area (Å²) >= 11 is 10.8. The fraction of sp³-hybridized carbons (Fsp3) is 0.0667. The van der Waals surface area contributed by atoms with Crippen LogP contribution in [0.15, 0.2) is 47.1 Å². The molecule has 0 atom stereocenters. The van der Waals surface area contributed by atoms with Crippen LogP contribution in [0.1, 0.15) is 15.9 Å². The van der Waals surface area contributed by atoms with Gasteiger partial charge in [-0.2, -0.15) is 5.10 Å². The van der Waals surface area contributed by atoms with E-state index < -0.39 is 0 Å². The summed E-state index contributed by atoms with van der Waals surface area (Å²) in [5.74, 6) is 0. The summed E-state index contributed by atoms with van der Waals surface area (Å²) in [6.45, 7) is 0.611. The number of rotatable bonds is 4. The highest BCUT2D eigenvalue weighted by Gasteiger charge is 2.13. The smallest absolute Gasteiger partial charge is 0.153 e. The Morgan fingerprint density at radius 3 is 2.86 bits per heavy atom. The second kappa shape index (κ2) is 6.13. The zero-order chi connectivity index (χ0) is 14.8. The van der Waals surface area contributed by atoms with Crippen LogP contribution < -0.4 is 0 Å². The first-order chi connectivity index (χ1) is 10.2. The van der Waals surface area contributed by atoms with Crippen LogP contribution in [-0.4, -0.2) is 16.1 Å². The van der Waals surface area contributed by atoms with Crippen molar-refractivity contribution in [3.8, 4) is 10.6 Å². The molecule has 0 radical (unpaired) electrons. The van der Waals surface area contributed by atoms with Gasteiger partial charge in [-0.15, -0.1) is 11.3 Å². The Kier molecular flexibility index (Phi) is 4.24. The molecule has 3 aromatic rings. The normalized spacial score (nSPS) is 10.8. The highest BCUT2D eigenvalue weighted by Crippen LogP contribution is 2.31. The molecule has 0 aliphatic heterocycles. The molecule has 0 spiro atoms. The zero-order valence-electron chi connectivity index (χ0n) is 10.8. The second-order valence-corrected chi connectivity index (χ2v) is 7.11. The summed E-state index contributed by atoms with van der Waals surface area (Å²) in [6, 6.07) is 11.7. The van der Waals surface area contributed by atoms with Gasteiger partial charge in [-0.3, -0.25) is 9.48 Å². The summed E-state index contributed by atoms with van der Waals surface area (Å²) in [5, 5.41) is 4.51. The van der Waals surface area contributed by atoms with Gasteiger partial charge < -0.3 is 0 Å². The van der Waals surface area contributed by atoms with E-state index in [1.54, 1.807) is 10.9 Å². The molecule has 0 aliphatic carbocycles. The SMILES string of the molecule is O=Cc1cn(Cc2cccc(Br)c2)nc1-c1ccc(Cl)s1. The van der Waals surface area contributed by atoms with Crippen molar-refractivity contribution in [1.82, 2.24) is 9.78 Å². The van der Waals surface area contributed by atoms with E-state index in [0.29, 0.717) is 22.1 Å². The maximum atomic E-state index is 11.2. The Hall–Kier alpha value is -1.43. The van der Waals surface area contributed by atoms with E-state index in [2.05, 4.69) is 21.0 Å². The van der Waals surface area contributed by atoms with E-state index in [-0.39, 0.29) is 0 Å². The van der Waals surface area contributed by atoms with Crippen molar-refractivity contribution in [2.45, 2.75) is 6.54 Å². The average molecular weight is 382 g/mol. The van der Waals surface area contributed by atoms with Crippen LogP contribution in [0.4, 0.5) is 0 Å². The summed E-state index contributed by atoms with van der Waals surface area (Å²) in [5.41, 5.74) is 2.36. The molecule has 0 saturated heterocycles. The molecule has 0 amide bonds. The van der Waals surface area contributed by atoms with Crippen LogP contribution in [0.5, 0.6) is 0 Å². The number of aromatic nitrogens is 2. The van der Waals surface area contributed by atoms with Crippen molar-refractivity contribution >= 4 is 45.2 Å². The third-order valence-corrected chi connectivity index (χ3v) is 4.69. The first-order valence-corrected chi connectivity index (χ1v) is 8.17. The molecular formula is C15H10BrClN2OS. The second-order valence-electron chi connectivity index (χ2n) is 4.48. The maximum absolute atomic E-state index is 11.2. The predicted octanol–water partition coefficient (Wildman–Crippen LogP) is 4.89. The summed E-state index contributed by atoms with van der Waals surface area (Å²) < 4.78 is 3.48. The summed E-state index contributed by atoms with van der Waals surface area (Å²) in [4.78, 5) is 12.1. The molecular weight excluding hydrogens is 372 g/mol. The number of nitrogens with zero attached hydrogens (tertiary/aromatic N) is 2. The molecule has 1 aromatic carbocycles. The fourth-order valence-corrected chi connectivity index (χ4v) is 3.56. The van der Waals surface area contributed by atoms with Crippen molar-refractivity contribution in [3.05, 3.63) is 62.5 Å². The van der Waals surface area contributed by atoms with E-state index in [9.17, 15) is 4.79 Å². The highest BCUT2D eigenvalue weighted by molar-refractivity contribution is 9.10. The lowest BCUT2D eigenvalue weighted by Gasteiger charge is -2.02. The molecule has 3 rings (SSSR count). The molecule has 6 heteroatoms. The molecule has 3 nitrogen and oxygen atoms in total. The maximum Gasteiger partial charge on any atom is 0.153 e. The van der Waals surface area contributed by atoms with Gasteiger partial charge in [0.1, 0.15) is 5.69 Å². The number of hydrogen-bond acceptors (Lipinski definition) is 3. The number of carbonyl (C=O) groups is 1. The third kappa shape index (κ3) is 3.26. The Morgan fingerprint density at radius 1 is 1.33 bits per heavy atom. The van der Waals surface area contributed by atoms with Gasteiger partial charge in [-0.25, -0.2) is 0 Å². The topological polar surface area (TPSA) is 34.9 Å². The molecule has 0 unspecified atom stereocenters. The van der Waals surface area contributed by atoms with Gasteiger partial charge in [0.05, 0.1) is 21.3 Å². The monoisotopic (exact) mass is 380 g/mol. The Morgan fingerprint density at radius 2 is 2.19 bits per heavy atom. The van der Waals surface area contributed by atoms with Gasteiger partial charge in [0.25, 0.3) is 0 Å². The van der Waals surface area contributed by atoms with Crippen molar-refractivity contribution < 1.29 is 4.79 Å². The minimum atomic E-state index is 0.573. The molecule has 0 aliphatic rings. The zero-order valence-corrected chi connectivity index (χ0v) is 14.0. The van der Waals surface area contributed by atoms with Gasteiger partial charge in [-0.05, 0) is 29.8 Å². The van der Waals surface area contributed by atoms with Gasteiger partial charge >= 0.3 is 0 Å². The third-order valence-electron chi connectivity index (χ3n) is 2.96. The van der Waals surface area contributed by atoms with Gasteiger partial charge in [0.15, 0.2) is 6.29 Å². The lowest BCUT2D eigenvalue weighted by molar-refractivity contribution is 0.112. The quantitative estimate of drug-likeness (QED) is 0.603. The number of halogens is 2. The predicted molar refractivity (Wildman–Crippen MR) is 89.2 cm³/mol. The highest BCUT2D eigenvalue weighted by atomic mass is 79.9. The van der Waals surface area contributed by atoms with Crippen molar-refractivity contribution in [2.75, 3.05) is 0 Å². The number of carbonyl (C=O) groups excluding carboxylic acids is 1. The van der Waals surface area contributed by atoms with Crippen molar-refractivity contribution in [3.63, 3.8) is 0 Å². The molecule has 2 heterocycles. The number of aldehydes is 1. The van der Waals surface area contributed by atoms with E-state index >= 15 is 0 Å². The van der Waals surface area contributed by atoms with Gasteiger partial charge in [0, 0.05) is 10.7 Å². The molecule has 0 saturated carbocycles. The lowest BCUT2D eigenvalue weighted by Crippen LogP contribution is -2.00. The number of benzene rings is 1. The number of hydrogen-bond donors (Lipinski definition) is 0. The van der Waals surface area contributed by atoms with E-state index in [0.717, 1.165) is 21.2 Å². The fourth-order valence-electron chi connectivity index (χ4n) is 2.06. The van der Waals surface area contributed by atoms with Crippen LogP contribution in [0.3, 0.4) is 0 Å². The van der Waals surface area contributed by atoms with Crippen LogP contribution in [0.2, 0.25) is 4.34 Å². The van der Waals surface area contributed by atoms with Crippen molar-refractivity contribution in [2.24, 2.45) is 0 Å². The minimum absolute atomic E-state index is 0.573. The van der Waals surface area contributed by atoms with Gasteiger partial charge in [0.2, 0.25) is 0 Å². The number of thiophene rings is 1. The molecule has 2 aromatic heterocycles. The largest absolute Gasteiger partial charge is 0.298 e. The first kappa shape index (κ1) is 14.5. The summed E-state index contributed by atoms with van der Waals surface area (Å²) in [7, 11) is 0. The van der Waals surface area contributed by atoms with Crippen molar-refractivity contribution in [1.29, 1.82) is 0 Å². The Balaban J connectivity index is 1.94. The molecule has 106 valence electrons. The minimum Gasteiger partial charge on any atom is -0.298 e. The lowest BCUT2D eigenvalue weighted by atomic mass is 10.2. The van der Waals surface area contributed by atoms with Gasteiger partial charge in [-0.1, -0.05) is 39.7 Å². The standard InChI is InChI=1S/C15H10BrClN2OS/c16-12-3-1-2-10(6-12)7-19-8-11(9-20)15(18-19)13-4-5-14(17)21-13/h1-6,8-9H,7H2. The van der Waals surface area contributed by atoms with Crippen LogP contribution in [0.25, 0.3) is 10.6 Å². The van der Waals surface area contributed by atoms with E-state index in [1.165, 1.54) is 11.3 Å². The summed E-state index contributed by atoms with van der Waals surface area (Å²) in [6.07, 6.45) is 2.59. The molecule has 0 fully saturated rings. The Bertz CT molecular complexity index is 797. The van der Waals surface area contributed by atoms with E-state index in [1.807, 2.05) is 36.4 Å². The van der Waals surface area contributed by atoms with Crippen LogP contribution in [0, 0.1) is 0 Å².